The quantitative estimate of drug-likeness (QED) is 0.607. The van der Waals surface area contributed by atoms with Gasteiger partial charge in [-0.05, 0) is 42.1 Å². The van der Waals surface area contributed by atoms with Crippen molar-refractivity contribution in [1.82, 2.24) is 15.2 Å². The highest BCUT2D eigenvalue weighted by atomic mass is 32.2. The molecule has 0 saturated carbocycles. The molecular formula is C18H14FN5OS2. The molecule has 1 unspecified atom stereocenters. The zero-order chi connectivity index (χ0) is 19.2. The molecule has 1 aromatic carbocycles. The number of carbonyl (C=O) groups is 1. The summed E-state index contributed by atoms with van der Waals surface area (Å²) in [5, 5.41) is 20.9. The van der Waals surface area contributed by atoms with Gasteiger partial charge in [0.1, 0.15) is 22.7 Å². The lowest BCUT2D eigenvalue weighted by molar-refractivity contribution is -0.115. The minimum Gasteiger partial charge on any atom is -0.316 e. The number of aromatic amines is 1. The van der Waals surface area contributed by atoms with Crippen molar-refractivity contribution in [2.45, 2.75) is 17.3 Å². The summed E-state index contributed by atoms with van der Waals surface area (Å²) in [6, 6.07) is 9.77. The Bertz CT molecular complexity index is 1000. The fourth-order valence-electron chi connectivity index (χ4n) is 2.05. The van der Waals surface area contributed by atoms with Gasteiger partial charge in [0, 0.05) is 0 Å². The Morgan fingerprint density at radius 3 is 2.89 bits per heavy atom. The van der Waals surface area contributed by atoms with Crippen LogP contribution < -0.4 is 5.32 Å². The zero-order valence-electron chi connectivity index (χ0n) is 14.1. The molecular weight excluding hydrogens is 385 g/mol. The monoisotopic (exact) mass is 399 g/mol. The molecule has 0 saturated heterocycles. The van der Waals surface area contributed by atoms with Gasteiger partial charge in [-0.1, -0.05) is 30.0 Å². The number of hydrogen-bond donors (Lipinski definition) is 2. The third-order valence-electron chi connectivity index (χ3n) is 3.46. The van der Waals surface area contributed by atoms with Crippen molar-refractivity contribution < 1.29 is 9.18 Å². The highest BCUT2D eigenvalue weighted by molar-refractivity contribution is 8.00. The van der Waals surface area contributed by atoms with Gasteiger partial charge in [-0.3, -0.25) is 9.89 Å². The van der Waals surface area contributed by atoms with Crippen LogP contribution in [0.3, 0.4) is 0 Å². The molecule has 0 bridgehead atoms. The van der Waals surface area contributed by atoms with Gasteiger partial charge in [-0.2, -0.15) is 5.26 Å². The van der Waals surface area contributed by atoms with E-state index in [9.17, 15) is 9.18 Å². The van der Waals surface area contributed by atoms with Crippen molar-refractivity contribution in [3.05, 3.63) is 58.5 Å². The summed E-state index contributed by atoms with van der Waals surface area (Å²) >= 11 is 2.51. The van der Waals surface area contributed by atoms with E-state index in [1.54, 1.807) is 42.7 Å². The van der Waals surface area contributed by atoms with Crippen LogP contribution in [0.1, 0.15) is 23.9 Å². The molecule has 2 aromatic heterocycles. The van der Waals surface area contributed by atoms with Crippen LogP contribution in [0.5, 0.6) is 0 Å². The van der Waals surface area contributed by atoms with E-state index in [4.69, 9.17) is 5.26 Å². The van der Waals surface area contributed by atoms with E-state index in [0.717, 1.165) is 5.56 Å². The van der Waals surface area contributed by atoms with Gasteiger partial charge >= 0.3 is 0 Å². The van der Waals surface area contributed by atoms with E-state index < -0.39 is 5.25 Å². The molecule has 9 heteroatoms. The highest BCUT2D eigenvalue weighted by Gasteiger charge is 2.18. The van der Waals surface area contributed by atoms with Gasteiger partial charge in [0.2, 0.25) is 11.1 Å². The smallest absolute Gasteiger partial charge is 0.238 e. The molecule has 2 heterocycles. The molecule has 1 amide bonds. The van der Waals surface area contributed by atoms with Crippen LogP contribution in [0.4, 0.5) is 9.39 Å². The summed E-state index contributed by atoms with van der Waals surface area (Å²) in [5.74, 6) is 0.00816. The third kappa shape index (κ3) is 5.03. The first-order valence-corrected chi connectivity index (χ1v) is 9.62. The van der Waals surface area contributed by atoms with Crippen LogP contribution in [0.2, 0.25) is 0 Å². The molecule has 0 aliphatic carbocycles. The van der Waals surface area contributed by atoms with E-state index >= 15 is 0 Å². The van der Waals surface area contributed by atoms with E-state index in [0.29, 0.717) is 21.5 Å². The number of benzene rings is 1. The number of thiophene rings is 1. The number of amides is 1. The molecule has 0 fully saturated rings. The average molecular weight is 399 g/mol. The first kappa shape index (κ1) is 18.8. The Kier molecular flexibility index (Phi) is 6.01. The first-order valence-electron chi connectivity index (χ1n) is 7.86. The maximum absolute atomic E-state index is 12.9. The fraction of sp³-hybridized carbons (Fsp3) is 0.111. The summed E-state index contributed by atoms with van der Waals surface area (Å²) in [7, 11) is 0. The molecule has 0 aliphatic rings. The van der Waals surface area contributed by atoms with Crippen molar-refractivity contribution >= 4 is 46.2 Å². The Morgan fingerprint density at radius 2 is 2.15 bits per heavy atom. The number of H-pyrrole nitrogens is 1. The van der Waals surface area contributed by atoms with Crippen molar-refractivity contribution in [3.63, 3.8) is 0 Å². The molecule has 6 nitrogen and oxygen atoms in total. The van der Waals surface area contributed by atoms with Gasteiger partial charge in [-0.25, -0.2) is 9.37 Å². The van der Waals surface area contributed by atoms with Crippen LogP contribution >= 0.6 is 23.1 Å². The third-order valence-corrected chi connectivity index (χ3v) is 5.25. The van der Waals surface area contributed by atoms with Crippen LogP contribution in [-0.4, -0.2) is 26.3 Å². The number of carbonyl (C=O) groups excluding carboxylic acids is 1. The molecule has 1 atom stereocenters. The normalized spacial score (nSPS) is 12.0. The van der Waals surface area contributed by atoms with Crippen LogP contribution in [0.15, 0.2) is 40.9 Å². The zero-order valence-corrected chi connectivity index (χ0v) is 15.8. The van der Waals surface area contributed by atoms with E-state index in [2.05, 4.69) is 20.5 Å². The molecule has 2 N–H and O–H groups in total. The van der Waals surface area contributed by atoms with E-state index in [1.807, 2.05) is 6.07 Å². The SMILES string of the molecule is CC(Sc1n[nH]c(C=Cc2ccc(F)cc2)n1)C(=O)Nc1sccc1C#N. The van der Waals surface area contributed by atoms with Gasteiger partial charge < -0.3 is 5.32 Å². The lowest BCUT2D eigenvalue weighted by Gasteiger charge is -2.08. The largest absolute Gasteiger partial charge is 0.316 e. The van der Waals surface area contributed by atoms with Crippen molar-refractivity contribution in [3.8, 4) is 6.07 Å². The summed E-state index contributed by atoms with van der Waals surface area (Å²) in [5.41, 5.74) is 1.27. The number of thioether (sulfide) groups is 1. The average Bonchev–Trinajstić information content (AvgIpc) is 3.30. The molecule has 0 radical (unpaired) electrons. The van der Waals surface area contributed by atoms with Crippen molar-refractivity contribution in [2.24, 2.45) is 0 Å². The lowest BCUT2D eigenvalue weighted by atomic mass is 10.2. The lowest BCUT2D eigenvalue weighted by Crippen LogP contribution is -2.22. The van der Waals surface area contributed by atoms with E-state index in [-0.39, 0.29) is 11.7 Å². The van der Waals surface area contributed by atoms with Crippen molar-refractivity contribution in [2.75, 3.05) is 5.32 Å². The molecule has 0 spiro atoms. The number of rotatable bonds is 6. The van der Waals surface area contributed by atoms with Crippen LogP contribution in [0.25, 0.3) is 12.2 Å². The second-order valence-corrected chi connectivity index (χ2v) is 7.64. The number of nitrogens with zero attached hydrogens (tertiary/aromatic N) is 3. The molecule has 27 heavy (non-hydrogen) atoms. The van der Waals surface area contributed by atoms with Gasteiger partial charge in [0.05, 0.1) is 10.8 Å². The number of hydrogen-bond acceptors (Lipinski definition) is 6. The standard InChI is InChI=1S/C18H14FN5OS2/c1-11(16(25)22-17-13(10-20)8-9-26-17)27-18-21-15(23-24-18)7-4-12-2-5-14(19)6-3-12/h2-9,11H,1H3,(H,22,25)(H,21,23,24). The van der Waals surface area contributed by atoms with Gasteiger partial charge in [0.25, 0.3) is 0 Å². The topological polar surface area (TPSA) is 94.5 Å². The number of nitriles is 1. The Hall–Kier alpha value is -2.96. The van der Waals surface area contributed by atoms with E-state index in [1.165, 1.54) is 35.2 Å². The summed E-state index contributed by atoms with van der Waals surface area (Å²) in [6.45, 7) is 1.74. The second kappa shape index (κ2) is 8.62. The predicted molar refractivity (Wildman–Crippen MR) is 105 cm³/mol. The molecule has 0 aliphatic heterocycles. The van der Waals surface area contributed by atoms with Gasteiger partial charge in [-0.15, -0.1) is 16.4 Å². The Balaban J connectivity index is 1.59. The summed E-state index contributed by atoms with van der Waals surface area (Å²) in [4.78, 5) is 16.6. The predicted octanol–water partition coefficient (Wildman–Crippen LogP) is 4.17. The fourth-order valence-corrected chi connectivity index (χ4v) is 3.53. The number of nitrogens with one attached hydrogen (secondary N) is 2. The Labute approximate surface area is 163 Å². The number of halogens is 1. The van der Waals surface area contributed by atoms with Crippen LogP contribution in [0, 0.1) is 17.1 Å². The second-order valence-electron chi connectivity index (χ2n) is 5.41. The summed E-state index contributed by atoms with van der Waals surface area (Å²) < 4.78 is 12.9. The van der Waals surface area contributed by atoms with Gasteiger partial charge in [0.15, 0.2) is 0 Å². The highest BCUT2D eigenvalue weighted by Crippen LogP contribution is 2.25. The maximum atomic E-state index is 12.9. The first-order chi connectivity index (χ1) is 13.0. The minimum absolute atomic E-state index is 0.229. The van der Waals surface area contributed by atoms with Crippen LogP contribution in [-0.2, 0) is 4.79 Å². The Morgan fingerprint density at radius 1 is 1.37 bits per heavy atom. The minimum atomic E-state index is -0.441. The number of aromatic nitrogens is 3. The number of anilines is 1. The maximum Gasteiger partial charge on any atom is 0.238 e. The summed E-state index contributed by atoms with van der Waals surface area (Å²) in [6.07, 6.45) is 3.50. The molecule has 3 aromatic rings. The molecule has 3 rings (SSSR count). The molecule has 136 valence electrons. The van der Waals surface area contributed by atoms with Crippen molar-refractivity contribution in [1.29, 1.82) is 5.26 Å².